The van der Waals surface area contributed by atoms with Gasteiger partial charge in [-0.15, -0.1) is 0 Å². The molecule has 0 unspecified atom stereocenters. The quantitative estimate of drug-likeness (QED) is 0.844. The third-order valence-electron chi connectivity index (χ3n) is 2.84. The third kappa shape index (κ3) is 4.82. The smallest absolute Gasteiger partial charge is 0.223 e. The van der Waals surface area contributed by atoms with Crippen molar-refractivity contribution in [3.63, 3.8) is 0 Å². The molecule has 0 aromatic carbocycles. The van der Waals surface area contributed by atoms with Crippen LogP contribution in [0.1, 0.15) is 37.0 Å². The van der Waals surface area contributed by atoms with Crippen LogP contribution in [0.5, 0.6) is 5.75 Å². The molecule has 1 N–H and O–H groups in total. The summed E-state index contributed by atoms with van der Waals surface area (Å²) in [4.78, 5) is 8.66. The highest BCUT2D eigenvalue weighted by Crippen LogP contribution is 2.18. The molecule has 0 aliphatic rings. The summed E-state index contributed by atoms with van der Waals surface area (Å²) in [7, 11) is 0. The molecule has 0 saturated carbocycles. The van der Waals surface area contributed by atoms with Crippen molar-refractivity contribution in [1.29, 1.82) is 0 Å². The largest absolute Gasteiger partial charge is 0.484 e. The lowest BCUT2D eigenvalue weighted by atomic mass is 10.2. The number of hydrogen-bond acceptors (Lipinski definition) is 6. The number of nitrogens with zero attached hydrogens (tertiary/aromatic N) is 3. The van der Waals surface area contributed by atoms with Gasteiger partial charge in [-0.25, -0.2) is 0 Å². The average molecular weight is 290 g/mol. The highest BCUT2D eigenvalue weighted by atomic mass is 16.5. The van der Waals surface area contributed by atoms with E-state index in [4.69, 9.17) is 9.26 Å². The minimum atomic E-state index is 0.277. The molecule has 6 heteroatoms. The maximum atomic E-state index is 5.76. The minimum Gasteiger partial charge on any atom is -0.484 e. The monoisotopic (exact) mass is 290 g/mol. The molecule has 2 heterocycles. The van der Waals surface area contributed by atoms with Gasteiger partial charge in [0.2, 0.25) is 11.7 Å². The zero-order valence-electron chi connectivity index (χ0n) is 13.0. The highest BCUT2D eigenvalue weighted by molar-refractivity contribution is 5.29. The lowest BCUT2D eigenvalue weighted by molar-refractivity contribution is 0.280. The van der Waals surface area contributed by atoms with E-state index in [1.807, 2.05) is 19.1 Å². The lowest BCUT2D eigenvalue weighted by Gasteiger charge is -2.12. The van der Waals surface area contributed by atoms with Gasteiger partial charge in [0, 0.05) is 19.2 Å². The summed E-state index contributed by atoms with van der Waals surface area (Å²) in [6.45, 7) is 9.97. The van der Waals surface area contributed by atoms with E-state index >= 15 is 0 Å². The first-order valence-electron chi connectivity index (χ1n) is 7.14. The van der Waals surface area contributed by atoms with Crippen LogP contribution in [0.4, 0.5) is 0 Å². The predicted octanol–water partition coefficient (Wildman–Crippen LogP) is 2.41. The van der Waals surface area contributed by atoms with Gasteiger partial charge >= 0.3 is 0 Å². The van der Waals surface area contributed by atoms with Gasteiger partial charge in [0.25, 0.3) is 0 Å². The van der Waals surface area contributed by atoms with E-state index in [2.05, 4.69) is 34.3 Å². The van der Waals surface area contributed by atoms with E-state index in [-0.39, 0.29) is 6.61 Å². The maximum Gasteiger partial charge on any atom is 0.223 e. The normalized spacial score (nSPS) is 11.1. The molecule has 2 rings (SSSR count). The first-order chi connectivity index (χ1) is 10.0. The Balaban J connectivity index is 2.00. The van der Waals surface area contributed by atoms with Gasteiger partial charge < -0.3 is 14.6 Å². The summed E-state index contributed by atoms with van der Waals surface area (Å²) < 4.78 is 10.7. The van der Waals surface area contributed by atoms with Crippen molar-refractivity contribution >= 4 is 0 Å². The Kier molecular flexibility index (Phi) is 5.27. The molecule has 0 radical (unpaired) electrons. The Morgan fingerprint density at radius 2 is 2.05 bits per heavy atom. The van der Waals surface area contributed by atoms with Crippen LogP contribution in [0.3, 0.4) is 0 Å². The van der Waals surface area contributed by atoms with Crippen LogP contribution in [0.2, 0.25) is 0 Å². The number of hydrogen-bond donors (Lipinski definition) is 1. The van der Waals surface area contributed by atoms with Crippen LogP contribution in [-0.2, 0) is 13.2 Å². The average Bonchev–Trinajstić information content (AvgIpc) is 2.83. The van der Waals surface area contributed by atoms with Gasteiger partial charge in [-0.3, -0.25) is 4.98 Å². The standard InChI is InChI=1S/C15H22N4O2/c1-10(2)7-16-8-13-14(6-5-11(3)17-13)20-9-15-18-12(4)21-19-15/h5-6,10,16H,7-9H2,1-4H3. The second-order valence-corrected chi connectivity index (χ2v) is 5.44. The molecular weight excluding hydrogens is 268 g/mol. The van der Waals surface area contributed by atoms with E-state index in [1.165, 1.54) is 0 Å². The van der Waals surface area contributed by atoms with Crippen molar-refractivity contribution in [3.8, 4) is 5.75 Å². The zero-order chi connectivity index (χ0) is 15.2. The first kappa shape index (κ1) is 15.4. The fraction of sp³-hybridized carbons (Fsp3) is 0.533. The Morgan fingerprint density at radius 3 is 2.71 bits per heavy atom. The Hall–Kier alpha value is -1.95. The van der Waals surface area contributed by atoms with E-state index in [0.717, 1.165) is 23.7 Å². The molecule has 6 nitrogen and oxygen atoms in total. The van der Waals surface area contributed by atoms with Crippen molar-refractivity contribution < 1.29 is 9.26 Å². The molecule has 0 aliphatic heterocycles. The van der Waals surface area contributed by atoms with Crippen LogP contribution in [-0.4, -0.2) is 21.7 Å². The molecule has 2 aromatic heterocycles. The van der Waals surface area contributed by atoms with Crippen molar-refractivity contribution in [2.75, 3.05) is 6.54 Å². The third-order valence-corrected chi connectivity index (χ3v) is 2.84. The number of nitrogens with one attached hydrogen (secondary N) is 1. The summed E-state index contributed by atoms with van der Waals surface area (Å²) in [6.07, 6.45) is 0. The fourth-order valence-corrected chi connectivity index (χ4v) is 1.88. The summed E-state index contributed by atoms with van der Waals surface area (Å²) in [5.74, 6) is 2.42. The van der Waals surface area contributed by atoms with Crippen LogP contribution < -0.4 is 10.1 Å². The molecule has 0 saturated heterocycles. The topological polar surface area (TPSA) is 73.1 Å². The molecule has 0 fully saturated rings. The van der Waals surface area contributed by atoms with Crippen LogP contribution in [0.15, 0.2) is 16.7 Å². The number of ether oxygens (including phenoxy) is 1. The van der Waals surface area contributed by atoms with E-state index in [1.54, 1.807) is 6.92 Å². The summed E-state index contributed by atoms with van der Waals surface area (Å²) >= 11 is 0. The molecule has 21 heavy (non-hydrogen) atoms. The van der Waals surface area contributed by atoms with Gasteiger partial charge in [-0.05, 0) is 31.5 Å². The fourth-order valence-electron chi connectivity index (χ4n) is 1.88. The highest BCUT2D eigenvalue weighted by Gasteiger charge is 2.09. The van der Waals surface area contributed by atoms with Gasteiger partial charge in [0.15, 0.2) is 6.61 Å². The van der Waals surface area contributed by atoms with Gasteiger partial charge in [0.05, 0.1) is 5.69 Å². The van der Waals surface area contributed by atoms with E-state index in [9.17, 15) is 0 Å². The SMILES string of the molecule is Cc1ccc(OCc2noc(C)n2)c(CNCC(C)C)n1. The molecule has 0 spiro atoms. The van der Waals surface area contributed by atoms with Crippen LogP contribution in [0, 0.1) is 19.8 Å². The number of aryl methyl sites for hydroxylation is 2. The first-order valence-corrected chi connectivity index (χ1v) is 7.14. The summed E-state index contributed by atoms with van der Waals surface area (Å²) in [5.41, 5.74) is 1.87. The molecule has 0 aliphatic carbocycles. The van der Waals surface area contributed by atoms with Crippen molar-refractivity contribution in [1.82, 2.24) is 20.4 Å². The Morgan fingerprint density at radius 1 is 1.24 bits per heavy atom. The summed E-state index contributed by atoms with van der Waals surface area (Å²) in [6, 6.07) is 3.87. The second kappa shape index (κ2) is 7.17. The summed E-state index contributed by atoms with van der Waals surface area (Å²) in [5, 5.41) is 7.20. The molecule has 0 atom stereocenters. The Bertz CT molecular complexity index is 581. The van der Waals surface area contributed by atoms with Gasteiger partial charge in [-0.2, -0.15) is 4.98 Å². The molecule has 0 bridgehead atoms. The number of aromatic nitrogens is 3. The Labute approximate surface area is 124 Å². The van der Waals surface area contributed by atoms with Crippen molar-refractivity contribution in [2.45, 2.75) is 40.8 Å². The van der Waals surface area contributed by atoms with E-state index in [0.29, 0.717) is 24.2 Å². The number of pyridine rings is 1. The van der Waals surface area contributed by atoms with Gasteiger partial charge in [-0.1, -0.05) is 19.0 Å². The number of rotatable bonds is 7. The van der Waals surface area contributed by atoms with Crippen molar-refractivity contribution in [3.05, 3.63) is 35.2 Å². The van der Waals surface area contributed by atoms with Crippen LogP contribution in [0.25, 0.3) is 0 Å². The zero-order valence-corrected chi connectivity index (χ0v) is 13.0. The minimum absolute atomic E-state index is 0.277. The van der Waals surface area contributed by atoms with E-state index < -0.39 is 0 Å². The molecule has 2 aromatic rings. The predicted molar refractivity (Wildman–Crippen MR) is 78.9 cm³/mol. The van der Waals surface area contributed by atoms with Crippen molar-refractivity contribution in [2.24, 2.45) is 5.92 Å². The van der Waals surface area contributed by atoms with Gasteiger partial charge in [0.1, 0.15) is 5.75 Å². The van der Waals surface area contributed by atoms with Crippen LogP contribution >= 0.6 is 0 Å². The molecule has 114 valence electrons. The maximum absolute atomic E-state index is 5.76. The molecular formula is C15H22N4O2. The molecule has 0 amide bonds. The lowest BCUT2D eigenvalue weighted by Crippen LogP contribution is -2.20. The second-order valence-electron chi connectivity index (χ2n) is 5.44.